The van der Waals surface area contributed by atoms with Crippen molar-refractivity contribution in [3.05, 3.63) is 32.7 Å². The Bertz CT molecular complexity index is 517. The predicted octanol–water partition coefficient (Wildman–Crippen LogP) is 2.29. The van der Waals surface area contributed by atoms with E-state index in [2.05, 4.69) is 11.9 Å². The minimum Gasteiger partial charge on any atom is -0.477 e. The van der Waals surface area contributed by atoms with Crippen molar-refractivity contribution in [3.63, 3.8) is 0 Å². The van der Waals surface area contributed by atoms with Gasteiger partial charge >= 0.3 is 5.97 Å². The van der Waals surface area contributed by atoms with E-state index in [1.54, 1.807) is 0 Å². The van der Waals surface area contributed by atoms with Gasteiger partial charge in [-0.15, -0.1) is 0 Å². The average Bonchev–Trinajstić information content (AvgIpc) is 2.54. The zero-order valence-electron chi connectivity index (χ0n) is 10.7. The van der Waals surface area contributed by atoms with Gasteiger partial charge in [0.1, 0.15) is 5.56 Å². The molecule has 0 unspecified atom stereocenters. The van der Waals surface area contributed by atoms with Crippen LogP contribution >= 0.6 is 0 Å². The maximum Gasteiger partial charge on any atom is 0.341 e. The third-order valence-electron chi connectivity index (χ3n) is 3.59. The molecule has 0 saturated carbocycles. The van der Waals surface area contributed by atoms with Gasteiger partial charge < -0.3 is 10.1 Å². The molecule has 0 atom stereocenters. The summed E-state index contributed by atoms with van der Waals surface area (Å²) >= 11 is 0. The normalized spacial score (nSPS) is 14.9. The number of aromatic carboxylic acids is 1. The second kappa shape index (κ2) is 5.38. The van der Waals surface area contributed by atoms with Crippen molar-refractivity contribution in [2.24, 2.45) is 0 Å². The van der Waals surface area contributed by atoms with E-state index in [0.717, 1.165) is 61.8 Å². The molecule has 1 aromatic heterocycles. The van der Waals surface area contributed by atoms with Crippen LogP contribution in [0.1, 0.15) is 59.8 Å². The molecule has 1 aliphatic carbocycles. The Hall–Kier alpha value is -1.58. The summed E-state index contributed by atoms with van der Waals surface area (Å²) < 4.78 is 0. The van der Waals surface area contributed by atoms with Crippen LogP contribution in [0.3, 0.4) is 0 Å². The lowest BCUT2D eigenvalue weighted by atomic mass is 9.95. The number of aromatic amines is 1. The summed E-state index contributed by atoms with van der Waals surface area (Å²) in [4.78, 5) is 25.9. The maximum absolute atomic E-state index is 11.9. The second-order valence-corrected chi connectivity index (χ2v) is 4.88. The fourth-order valence-corrected chi connectivity index (χ4v) is 2.79. The van der Waals surface area contributed by atoms with Crippen molar-refractivity contribution < 1.29 is 9.90 Å². The number of carboxylic acids is 1. The Morgan fingerprint density at radius 1 is 1.22 bits per heavy atom. The van der Waals surface area contributed by atoms with E-state index in [1.165, 1.54) is 0 Å². The van der Waals surface area contributed by atoms with Gasteiger partial charge in [-0.1, -0.05) is 19.8 Å². The van der Waals surface area contributed by atoms with Crippen LogP contribution in [0.15, 0.2) is 4.79 Å². The van der Waals surface area contributed by atoms with Crippen LogP contribution in [-0.4, -0.2) is 16.1 Å². The van der Waals surface area contributed by atoms with Gasteiger partial charge in [-0.2, -0.15) is 0 Å². The first kappa shape index (κ1) is 12.9. The Balaban J connectivity index is 2.65. The minimum absolute atomic E-state index is 0.0354. The molecule has 18 heavy (non-hydrogen) atoms. The van der Waals surface area contributed by atoms with Crippen molar-refractivity contribution in [1.82, 2.24) is 4.98 Å². The van der Waals surface area contributed by atoms with Gasteiger partial charge in [-0.3, -0.25) is 4.79 Å². The molecular formula is C14H19NO3. The molecule has 0 aliphatic heterocycles. The molecular weight excluding hydrogens is 230 g/mol. The van der Waals surface area contributed by atoms with Crippen molar-refractivity contribution in [2.45, 2.75) is 51.9 Å². The van der Waals surface area contributed by atoms with Gasteiger partial charge in [0, 0.05) is 5.69 Å². The zero-order valence-corrected chi connectivity index (χ0v) is 10.7. The Morgan fingerprint density at radius 2 is 1.89 bits per heavy atom. The molecule has 0 bridgehead atoms. The Kier molecular flexibility index (Phi) is 3.84. The average molecular weight is 249 g/mol. The first-order valence-corrected chi connectivity index (χ1v) is 6.65. The summed E-state index contributed by atoms with van der Waals surface area (Å²) in [5.74, 6) is -1.10. The number of aryl methyl sites for hydroxylation is 1. The van der Waals surface area contributed by atoms with Crippen molar-refractivity contribution in [1.29, 1.82) is 0 Å². The molecule has 1 aromatic rings. The van der Waals surface area contributed by atoms with Crippen LogP contribution in [0.5, 0.6) is 0 Å². The summed E-state index contributed by atoms with van der Waals surface area (Å²) in [5.41, 5.74) is 2.35. The van der Waals surface area contributed by atoms with E-state index in [0.29, 0.717) is 0 Å². The summed E-state index contributed by atoms with van der Waals surface area (Å²) in [6.45, 7) is 2.06. The monoisotopic (exact) mass is 249 g/mol. The number of H-pyrrole nitrogens is 1. The molecule has 0 radical (unpaired) electrons. The van der Waals surface area contributed by atoms with Gasteiger partial charge in [-0.25, -0.2) is 4.79 Å². The first-order valence-electron chi connectivity index (χ1n) is 6.65. The Labute approximate surface area is 106 Å². The Morgan fingerprint density at radius 3 is 2.50 bits per heavy atom. The second-order valence-electron chi connectivity index (χ2n) is 4.88. The third kappa shape index (κ3) is 2.33. The quantitative estimate of drug-likeness (QED) is 0.807. The van der Waals surface area contributed by atoms with Gasteiger partial charge in [-0.05, 0) is 43.2 Å². The predicted molar refractivity (Wildman–Crippen MR) is 69.3 cm³/mol. The van der Waals surface area contributed by atoms with Crippen LogP contribution in [0, 0.1) is 0 Å². The molecule has 0 saturated heterocycles. The highest BCUT2D eigenvalue weighted by atomic mass is 16.4. The molecule has 0 aromatic carbocycles. The van der Waals surface area contributed by atoms with E-state index >= 15 is 0 Å². The smallest absolute Gasteiger partial charge is 0.341 e. The van der Waals surface area contributed by atoms with E-state index in [-0.39, 0.29) is 5.56 Å². The van der Waals surface area contributed by atoms with Crippen molar-refractivity contribution in [2.75, 3.05) is 0 Å². The third-order valence-corrected chi connectivity index (χ3v) is 3.59. The van der Waals surface area contributed by atoms with Crippen LogP contribution < -0.4 is 5.56 Å². The largest absolute Gasteiger partial charge is 0.477 e. The number of aromatic nitrogens is 1. The number of rotatable bonds is 3. The van der Waals surface area contributed by atoms with Crippen molar-refractivity contribution in [3.8, 4) is 0 Å². The lowest BCUT2D eigenvalue weighted by molar-refractivity contribution is 0.0693. The van der Waals surface area contributed by atoms with Crippen LogP contribution in [0.2, 0.25) is 0 Å². The van der Waals surface area contributed by atoms with Crippen LogP contribution in [0.25, 0.3) is 0 Å². The standard InChI is InChI=1S/C14H19NO3/c1-2-6-11-9-7-4-3-5-8-10(9)12(14(17)18)13(16)15-11/h2-8H2,1H3,(H,15,16)(H,17,18). The number of pyridine rings is 1. The minimum atomic E-state index is -1.10. The number of hydrogen-bond donors (Lipinski definition) is 2. The number of nitrogens with one attached hydrogen (secondary N) is 1. The summed E-state index contributed by atoms with van der Waals surface area (Å²) in [6.07, 6.45) is 6.54. The highest BCUT2D eigenvalue weighted by Gasteiger charge is 2.22. The fraction of sp³-hybridized carbons (Fsp3) is 0.571. The SMILES string of the molecule is CCCc1[nH]c(=O)c(C(=O)O)c2c1CCCCC2. The van der Waals surface area contributed by atoms with E-state index in [4.69, 9.17) is 0 Å². The zero-order chi connectivity index (χ0) is 13.1. The van der Waals surface area contributed by atoms with E-state index < -0.39 is 11.5 Å². The van der Waals surface area contributed by atoms with E-state index in [9.17, 15) is 14.7 Å². The lowest BCUT2D eigenvalue weighted by Crippen LogP contribution is -2.24. The fourth-order valence-electron chi connectivity index (χ4n) is 2.79. The number of carbonyl (C=O) groups is 1. The molecule has 0 spiro atoms. The van der Waals surface area contributed by atoms with E-state index in [1.807, 2.05) is 0 Å². The maximum atomic E-state index is 11.9. The van der Waals surface area contributed by atoms with Crippen LogP contribution in [0.4, 0.5) is 0 Å². The highest BCUT2D eigenvalue weighted by molar-refractivity contribution is 5.89. The van der Waals surface area contributed by atoms with Crippen LogP contribution in [-0.2, 0) is 19.3 Å². The number of hydrogen-bond acceptors (Lipinski definition) is 2. The molecule has 0 fully saturated rings. The van der Waals surface area contributed by atoms with Gasteiger partial charge in [0.05, 0.1) is 0 Å². The molecule has 1 aliphatic rings. The summed E-state index contributed by atoms with van der Waals surface area (Å²) in [5, 5.41) is 9.21. The van der Waals surface area contributed by atoms with Gasteiger partial charge in [0.2, 0.25) is 0 Å². The van der Waals surface area contributed by atoms with Crippen molar-refractivity contribution >= 4 is 5.97 Å². The molecule has 0 amide bonds. The molecule has 2 rings (SSSR count). The first-order chi connectivity index (χ1) is 8.65. The topological polar surface area (TPSA) is 70.2 Å². The molecule has 4 heteroatoms. The lowest BCUT2D eigenvalue weighted by Gasteiger charge is -2.14. The molecule has 2 N–H and O–H groups in total. The molecule has 98 valence electrons. The van der Waals surface area contributed by atoms with Gasteiger partial charge in [0.25, 0.3) is 5.56 Å². The molecule has 1 heterocycles. The number of carboxylic acid groups (broad SMARTS) is 1. The highest BCUT2D eigenvalue weighted by Crippen LogP contribution is 2.24. The summed E-state index contributed by atoms with van der Waals surface area (Å²) in [6, 6.07) is 0. The van der Waals surface area contributed by atoms with Gasteiger partial charge in [0.15, 0.2) is 0 Å². The summed E-state index contributed by atoms with van der Waals surface area (Å²) in [7, 11) is 0. The molecule has 4 nitrogen and oxygen atoms in total. The number of fused-ring (bicyclic) bond motifs is 1.